The summed E-state index contributed by atoms with van der Waals surface area (Å²) in [6.45, 7) is 9.38. The molecule has 6 atom stereocenters. The topological polar surface area (TPSA) is 171 Å². The SMILES string of the molecule is CC(C)(C)NC(=O)[C@@H]1CC2CCCCC2CN1C[C@@H](O)[C@H](Cc1ccccc1)NC(=O)[C@@H](NC(=O)c1csnn1)C(C)(C)S(C)(=O)=O. The van der Waals surface area contributed by atoms with E-state index in [0.29, 0.717) is 24.8 Å². The number of likely N-dealkylation sites (tertiary alicyclic amines) is 1. The van der Waals surface area contributed by atoms with Crippen LogP contribution in [-0.4, -0.2) is 99.6 Å². The van der Waals surface area contributed by atoms with E-state index in [2.05, 4.69) is 30.4 Å². The number of rotatable bonds is 12. The average Bonchev–Trinajstić information content (AvgIpc) is 3.53. The van der Waals surface area contributed by atoms with Crippen LogP contribution < -0.4 is 16.0 Å². The first-order valence-corrected chi connectivity index (χ1v) is 19.0. The van der Waals surface area contributed by atoms with Gasteiger partial charge in [0.15, 0.2) is 15.5 Å². The monoisotopic (exact) mass is 690 g/mol. The maximum absolute atomic E-state index is 14.0. The Hall–Kier alpha value is -2.94. The highest BCUT2D eigenvalue weighted by atomic mass is 32.2. The van der Waals surface area contributed by atoms with Crippen LogP contribution in [0.25, 0.3) is 0 Å². The maximum atomic E-state index is 14.0. The Kier molecular flexibility index (Phi) is 11.8. The van der Waals surface area contributed by atoms with Crippen LogP contribution in [0.15, 0.2) is 35.7 Å². The van der Waals surface area contributed by atoms with Crippen LogP contribution in [0.1, 0.15) is 82.8 Å². The van der Waals surface area contributed by atoms with Gasteiger partial charge in [0.1, 0.15) is 6.04 Å². The fourth-order valence-electron chi connectivity index (χ4n) is 6.65. The third-order valence-corrected chi connectivity index (χ3v) is 12.2. The van der Waals surface area contributed by atoms with Crippen LogP contribution in [0.3, 0.4) is 0 Å². The zero-order chi connectivity index (χ0) is 34.6. The second kappa shape index (κ2) is 15.1. The van der Waals surface area contributed by atoms with Gasteiger partial charge in [0.2, 0.25) is 11.8 Å². The molecule has 1 saturated heterocycles. The lowest BCUT2D eigenvalue weighted by Crippen LogP contribution is -2.64. The summed E-state index contributed by atoms with van der Waals surface area (Å²) in [6.07, 6.45) is 5.30. The number of nitrogens with one attached hydrogen (secondary N) is 3. The second-order valence-corrected chi connectivity index (χ2v) is 17.9. The number of aromatic nitrogens is 2. The number of amides is 3. The van der Waals surface area contributed by atoms with Crippen molar-refractivity contribution in [1.82, 2.24) is 30.4 Å². The van der Waals surface area contributed by atoms with Crippen molar-refractivity contribution >= 4 is 39.1 Å². The zero-order valence-electron chi connectivity index (χ0n) is 28.2. The highest BCUT2D eigenvalue weighted by Gasteiger charge is 2.46. The molecule has 14 heteroatoms. The molecule has 0 spiro atoms. The number of nitrogens with zero attached hydrogens (tertiary/aromatic N) is 3. The summed E-state index contributed by atoms with van der Waals surface area (Å²) in [4.78, 5) is 42.7. The van der Waals surface area contributed by atoms with E-state index in [4.69, 9.17) is 0 Å². The molecule has 12 nitrogen and oxygen atoms in total. The Labute approximate surface area is 282 Å². The van der Waals surface area contributed by atoms with Crippen molar-refractivity contribution in [3.63, 3.8) is 0 Å². The molecule has 2 heterocycles. The first kappa shape index (κ1) is 36.9. The molecular formula is C33H50N6O6S2. The zero-order valence-corrected chi connectivity index (χ0v) is 29.9. The highest BCUT2D eigenvalue weighted by Crippen LogP contribution is 2.39. The summed E-state index contributed by atoms with van der Waals surface area (Å²) in [7, 11) is -3.87. The average molecular weight is 691 g/mol. The van der Waals surface area contributed by atoms with E-state index in [0.717, 1.165) is 49.0 Å². The summed E-state index contributed by atoms with van der Waals surface area (Å²) in [5.41, 5.74) is 0.389. The van der Waals surface area contributed by atoms with Crippen molar-refractivity contribution in [2.75, 3.05) is 19.3 Å². The van der Waals surface area contributed by atoms with E-state index in [-0.39, 0.29) is 24.6 Å². The Morgan fingerprint density at radius 3 is 2.30 bits per heavy atom. The predicted octanol–water partition coefficient (Wildman–Crippen LogP) is 2.34. The van der Waals surface area contributed by atoms with Crippen LogP contribution in [0.5, 0.6) is 0 Å². The van der Waals surface area contributed by atoms with Gasteiger partial charge in [-0.3, -0.25) is 19.3 Å². The third-order valence-electron chi connectivity index (χ3n) is 9.60. The highest BCUT2D eigenvalue weighted by molar-refractivity contribution is 7.92. The lowest BCUT2D eigenvalue weighted by Gasteiger charge is -2.47. The number of benzene rings is 1. The lowest BCUT2D eigenvalue weighted by molar-refractivity contribution is -0.133. The number of carbonyl (C=O) groups is 3. The molecule has 4 rings (SSSR count). The quantitative estimate of drug-likeness (QED) is 0.261. The molecule has 4 N–H and O–H groups in total. The standard InChI is InChI=1S/C33H50N6O6S2/c1-32(2,3)36-30(42)26-17-22-14-10-11-15-23(22)18-39(26)19-27(40)24(16-21-12-8-7-9-13-21)34-31(43)28(33(4,5)47(6,44)45)35-29(41)25-20-46-38-37-25/h7-9,12-13,20,22-24,26-28,40H,10-11,14-19H2,1-6H3,(H,34,43)(H,35,41)(H,36,42)/t22?,23?,24-,26-,27+,28+/m0/s1. The molecule has 260 valence electrons. The fourth-order valence-corrected chi connectivity index (χ4v) is 7.68. The first-order chi connectivity index (χ1) is 22.0. The van der Waals surface area contributed by atoms with Crippen LogP contribution >= 0.6 is 11.5 Å². The molecular weight excluding hydrogens is 641 g/mol. The van der Waals surface area contributed by atoms with E-state index >= 15 is 0 Å². The Morgan fingerprint density at radius 1 is 1.04 bits per heavy atom. The molecule has 1 aromatic heterocycles. The Bertz CT molecular complexity index is 1480. The molecule has 1 aliphatic carbocycles. The number of hydrogen-bond donors (Lipinski definition) is 4. The number of carbonyl (C=O) groups excluding carboxylic acids is 3. The van der Waals surface area contributed by atoms with Crippen LogP contribution in [0.2, 0.25) is 0 Å². The number of aliphatic hydroxyl groups is 1. The number of sulfone groups is 1. The first-order valence-electron chi connectivity index (χ1n) is 16.3. The van der Waals surface area contributed by atoms with Crippen molar-refractivity contribution in [3.8, 4) is 0 Å². The minimum atomic E-state index is -3.87. The maximum Gasteiger partial charge on any atom is 0.273 e. The van der Waals surface area contributed by atoms with Crippen molar-refractivity contribution in [2.45, 2.75) is 108 Å². The summed E-state index contributed by atoms with van der Waals surface area (Å²) >= 11 is 0.954. The van der Waals surface area contributed by atoms with E-state index in [1.54, 1.807) is 0 Å². The number of piperidine rings is 1. The minimum absolute atomic E-state index is 0.0383. The molecule has 2 unspecified atom stereocenters. The minimum Gasteiger partial charge on any atom is -0.390 e. The van der Waals surface area contributed by atoms with Crippen molar-refractivity contribution < 1.29 is 27.9 Å². The lowest BCUT2D eigenvalue weighted by atomic mass is 9.72. The van der Waals surface area contributed by atoms with E-state index < -0.39 is 56.2 Å². The molecule has 2 fully saturated rings. The third kappa shape index (κ3) is 9.58. The molecule has 1 saturated carbocycles. The molecule has 1 aromatic carbocycles. The molecule has 2 aromatic rings. The van der Waals surface area contributed by atoms with Gasteiger partial charge in [0, 0.05) is 30.3 Å². The van der Waals surface area contributed by atoms with E-state index in [1.807, 2.05) is 51.1 Å². The molecule has 2 aliphatic rings. The molecule has 1 aliphatic heterocycles. The Balaban J connectivity index is 1.62. The largest absolute Gasteiger partial charge is 0.390 e. The van der Waals surface area contributed by atoms with Gasteiger partial charge in [-0.05, 0) is 82.8 Å². The number of fused-ring (bicyclic) bond motifs is 1. The van der Waals surface area contributed by atoms with Crippen molar-refractivity contribution in [1.29, 1.82) is 0 Å². The van der Waals surface area contributed by atoms with Crippen LogP contribution in [-0.2, 0) is 25.8 Å². The predicted molar refractivity (Wildman–Crippen MR) is 181 cm³/mol. The van der Waals surface area contributed by atoms with Gasteiger partial charge in [0.25, 0.3) is 5.91 Å². The van der Waals surface area contributed by atoms with Gasteiger partial charge in [-0.15, -0.1) is 5.10 Å². The Morgan fingerprint density at radius 2 is 1.70 bits per heavy atom. The van der Waals surface area contributed by atoms with Gasteiger partial charge in [-0.1, -0.05) is 54.1 Å². The molecule has 3 amide bonds. The van der Waals surface area contributed by atoms with Gasteiger partial charge >= 0.3 is 0 Å². The smallest absolute Gasteiger partial charge is 0.273 e. The van der Waals surface area contributed by atoms with Gasteiger partial charge < -0.3 is 21.1 Å². The van der Waals surface area contributed by atoms with Gasteiger partial charge in [0.05, 0.1) is 22.9 Å². The van der Waals surface area contributed by atoms with Gasteiger partial charge in [-0.2, -0.15) is 0 Å². The number of hydrogen-bond acceptors (Lipinski definition) is 10. The fraction of sp³-hybridized carbons (Fsp3) is 0.667. The normalized spacial score (nSPS) is 22.7. The number of aliphatic hydroxyl groups excluding tert-OH is 1. The summed E-state index contributed by atoms with van der Waals surface area (Å²) in [5.74, 6) is -0.703. The van der Waals surface area contributed by atoms with E-state index in [1.165, 1.54) is 19.2 Å². The van der Waals surface area contributed by atoms with Crippen molar-refractivity contribution in [3.05, 3.63) is 47.0 Å². The second-order valence-electron chi connectivity index (χ2n) is 14.7. The van der Waals surface area contributed by atoms with E-state index in [9.17, 15) is 27.9 Å². The van der Waals surface area contributed by atoms with Gasteiger partial charge in [-0.25, -0.2) is 8.42 Å². The van der Waals surface area contributed by atoms with Crippen LogP contribution in [0, 0.1) is 11.8 Å². The summed E-state index contributed by atoms with van der Waals surface area (Å²) in [6, 6.07) is 6.55. The molecule has 47 heavy (non-hydrogen) atoms. The molecule has 0 bridgehead atoms. The summed E-state index contributed by atoms with van der Waals surface area (Å²) < 4.78 is 27.8. The molecule has 0 radical (unpaired) electrons. The summed E-state index contributed by atoms with van der Waals surface area (Å²) in [5, 5.41) is 25.6. The van der Waals surface area contributed by atoms with Crippen molar-refractivity contribution in [2.24, 2.45) is 11.8 Å². The van der Waals surface area contributed by atoms with Crippen LogP contribution in [0.4, 0.5) is 0 Å². The number of β-amino-alcohol motifs (C(OH)–C–C–N with tert-alkyl or cyclic N) is 1.